The Bertz CT molecular complexity index is 1060. The molecular weight excluding hydrogens is 431 g/mol. The van der Waals surface area contributed by atoms with Crippen molar-refractivity contribution in [3.05, 3.63) is 95.6 Å². The lowest BCUT2D eigenvalue weighted by Crippen LogP contribution is -2.49. The van der Waals surface area contributed by atoms with Crippen LogP contribution in [-0.2, 0) is 24.4 Å². The van der Waals surface area contributed by atoms with Gasteiger partial charge in [0.1, 0.15) is 12.4 Å². The van der Waals surface area contributed by atoms with Crippen molar-refractivity contribution in [2.45, 2.75) is 46.4 Å². The summed E-state index contributed by atoms with van der Waals surface area (Å²) < 4.78 is 15.4. The van der Waals surface area contributed by atoms with Gasteiger partial charge in [-0.05, 0) is 56.2 Å². The third-order valence-electron chi connectivity index (χ3n) is 5.63. The number of amides is 3. The van der Waals surface area contributed by atoms with Gasteiger partial charge in [-0.2, -0.15) is 0 Å². The second-order valence-electron chi connectivity index (χ2n) is 8.55. The number of halogens is 1. The van der Waals surface area contributed by atoms with Crippen molar-refractivity contribution in [3.63, 3.8) is 0 Å². The fourth-order valence-electron chi connectivity index (χ4n) is 3.75. The van der Waals surface area contributed by atoms with E-state index in [-0.39, 0.29) is 30.3 Å². The third-order valence-corrected chi connectivity index (χ3v) is 5.63. The highest BCUT2D eigenvalue weighted by atomic mass is 19.1. The number of nitrogens with zero attached hydrogens (tertiary/aromatic N) is 3. The zero-order valence-electron chi connectivity index (χ0n) is 20.1. The summed E-state index contributed by atoms with van der Waals surface area (Å²) in [6, 6.07) is 19.8. The molecule has 1 N–H and O–H groups in total. The topological polar surface area (TPSA) is 57.6 Å². The highest BCUT2D eigenvalue weighted by Gasteiger charge is 2.24. The van der Waals surface area contributed by atoms with Crippen molar-refractivity contribution in [1.29, 1.82) is 0 Å². The van der Waals surface area contributed by atoms with Crippen molar-refractivity contribution in [1.82, 2.24) is 19.7 Å². The van der Waals surface area contributed by atoms with E-state index in [0.29, 0.717) is 26.2 Å². The van der Waals surface area contributed by atoms with E-state index in [4.69, 9.17) is 0 Å². The minimum atomic E-state index is -0.266. The molecule has 3 aromatic rings. The molecule has 34 heavy (non-hydrogen) atoms. The molecule has 0 aliphatic carbocycles. The first kappa shape index (κ1) is 25.0. The summed E-state index contributed by atoms with van der Waals surface area (Å²) in [4.78, 5) is 29.3. The molecule has 1 heterocycles. The van der Waals surface area contributed by atoms with Gasteiger partial charge in [0.15, 0.2) is 0 Å². The van der Waals surface area contributed by atoms with Crippen LogP contribution in [0.5, 0.6) is 0 Å². The van der Waals surface area contributed by atoms with Crippen LogP contribution in [0.3, 0.4) is 0 Å². The van der Waals surface area contributed by atoms with Crippen LogP contribution in [0.1, 0.15) is 37.6 Å². The van der Waals surface area contributed by atoms with Gasteiger partial charge in [0, 0.05) is 37.6 Å². The molecular formula is C27H33FN4O2. The lowest BCUT2D eigenvalue weighted by atomic mass is 10.2. The summed E-state index contributed by atoms with van der Waals surface area (Å²) in [7, 11) is 0. The summed E-state index contributed by atoms with van der Waals surface area (Å²) in [6.45, 7) is 7.56. The SMILES string of the molecule is CCNC(=O)N(CC(=O)N(Cc1ccccc1)Cc1cccn1Cc1ccc(F)cc1)C(C)C. The molecule has 0 saturated carbocycles. The highest BCUT2D eigenvalue weighted by Crippen LogP contribution is 2.15. The number of carbonyl (C=O) groups excluding carboxylic acids is 2. The molecule has 7 heteroatoms. The summed E-state index contributed by atoms with van der Waals surface area (Å²) in [6.07, 6.45) is 1.96. The average molecular weight is 465 g/mol. The molecule has 0 bridgehead atoms. The first-order valence-corrected chi connectivity index (χ1v) is 11.6. The standard InChI is InChI=1S/C27H33FN4O2/c1-4-29-27(34)32(21(2)3)20-26(33)31(18-22-9-6-5-7-10-22)19-25-11-8-16-30(25)17-23-12-14-24(28)15-13-23/h5-16,21H,4,17-20H2,1-3H3,(H,29,34). The quantitative estimate of drug-likeness (QED) is 0.475. The van der Waals surface area contributed by atoms with Crippen LogP contribution in [-0.4, -0.2) is 45.4 Å². The van der Waals surface area contributed by atoms with E-state index >= 15 is 0 Å². The van der Waals surface area contributed by atoms with Gasteiger partial charge in [-0.1, -0.05) is 42.5 Å². The summed E-state index contributed by atoms with van der Waals surface area (Å²) in [5.41, 5.74) is 2.95. The van der Waals surface area contributed by atoms with Crippen LogP contribution < -0.4 is 5.32 Å². The number of benzene rings is 2. The van der Waals surface area contributed by atoms with Gasteiger partial charge in [0.2, 0.25) is 5.91 Å². The number of urea groups is 1. The molecule has 0 fully saturated rings. The zero-order chi connectivity index (χ0) is 24.5. The number of rotatable bonds is 10. The molecule has 3 rings (SSSR count). The first-order chi connectivity index (χ1) is 16.4. The second-order valence-corrected chi connectivity index (χ2v) is 8.55. The molecule has 2 aromatic carbocycles. The summed E-state index contributed by atoms with van der Waals surface area (Å²) >= 11 is 0. The molecule has 6 nitrogen and oxygen atoms in total. The Morgan fingerprint density at radius 2 is 1.65 bits per heavy atom. The largest absolute Gasteiger partial charge is 0.345 e. The molecule has 0 spiro atoms. The Hall–Kier alpha value is -3.61. The molecule has 180 valence electrons. The Labute approximate surface area is 201 Å². The Balaban J connectivity index is 1.81. The van der Waals surface area contributed by atoms with E-state index < -0.39 is 0 Å². The van der Waals surface area contributed by atoms with Gasteiger partial charge < -0.3 is 19.7 Å². The first-order valence-electron chi connectivity index (χ1n) is 11.6. The molecule has 1 aromatic heterocycles. The molecule has 0 radical (unpaired) electrons. The van der Waals surface area contributed by atoms with Crippen LogP contribution >= 0.6 is 0 Å². The lowest BCUT2D eigenvalue weighted by molar-refractivity contribution is -0.133. The normalized spacial score (nSPS) is 10.9. The maximum absolute atomic E-state index is 13.5. The Kier molecular flexibility index (Phi) is 8.85. The van der Waals surface area contributed by atoms with Gasteiger partial charge >= 0.3 is 6.03 Å². The van der Waals surface area contributed by atoms with E-state index in [1.807, 2.05) is 69.4 Å². The summed E-state index contributed by atoms with van der Waals surface area (Å²) in [5, 5.41) is 2.79. The van der Waals surface area contributed by atoms with Crippen LogP contribution in [0.25, 0.3) is 0 Å². The van der Waals surface area contributed by atoms with Crippen LogP contribution in [0.2, 0.25) is 0 Å². The van der Waals surface area contributed by atoms with Gasteiger partial charge in [0.05, 0.1) is 6.54 Å². The predicted molar refractivity (Wildman–Crippen MR) is 132 cm³/mol. The van der Waals surface area contributed by atoms with Crippen LogP contribution in [0.15, 0.2) is 72.9 Å². The molecule has 0 unspecified atom stereocenters. The van der Waals surface area contributed by atoms with Gasteiger partial charge in [0.25, 0.3) is 0 Å². The molecule has 0 saturated heterocycles. The minimum absolute atomic E-state index is 0.00496. The van der Waals surface area contributed by atoms with Crippen molar-refractivity contribution < 1.29 is 14.0 Å². The van der Waals surface area contributed by atoms with Crippen molar-refractivity contribution in [3.8, 4) is 0 Å². The molecule has 0 aliphatic heterocycles. The summed E-state index contributed by atoms with van der Waals surface area (Å²) in [5.74, 6) is -0.392. The monoisotopic (exact) mass is 464 g/mol. The Morgan fingerprint density at radius 3 is 2.29 bits per heavy atom. The Morgan fingerprint density at radius 1 is 0.941 bits per heavy atom. The van der Waals surface area contributed by atoms with E-state index in [1.54, 1.807) is 21.9 Å². The number of hydrogen-bond donors (Lipinski definition) is 1. The van der Waals surface area contributed by atoms with Crippen molar-refractivity contribution in [2.75, 3.05) is 13.1 Å². The van der Waals surface area contributed by atoms with Crippen molar-refractivity contribution >= 4 is 11.9 Å². The average Bonchev–Trinajstić information content (AvgIpc) is 3.25. The van der Waals surface area contributed by atoms with Crippen molar-refractivity contribution in [2.24, 2.45) is 0 Å². The van der Waals surface area contributed by atoms with Crippen LogP contribution in [0, 0.1) is 5.82 Å². The number of nitrogens with one attached hydrogen (secondary N) is 1. The molecule has 3 amide bonds. The van der Waals surface area contributed by atoms with E-state index in [9.17, 15) is 14.0 Å². The molecule has 0 aliphatic rings. The lowest BCUT2D eigenvalue weighted by Gasteiger charge is -2.30. The smallest absolute Gasteiger partial charge is 0.318 e. The number of carbonyl (C=O) groups is 2. The fraction of sp³-hybridized carbons (Fsp3) is 0.333. The fourth-order valence-corrected chi connectivity index (χ4v) is 3.75. The van der Waals surface area contributed by atoms with Gasteiger partial charge in [-0.3, -0.25) is 4.79 Å². The van der Waals surface area contributed by atoms with Gasteiger partial charge in [-0.15, -0.1) is 0 Å². The van der Waals surface area contributed by atoms with E-state index in [0.717, 1.165) is 16.8 Å². The maximum Gasteiger partial charge on any atom is 0.318 e. The third kappa shape index (κ3) is 6.94. The zero-order valence-corrected chi connectivity index (χ0v) is 20.1. The maximum atomic E-state index is 13.5. The second kappa shape index (κ2) is 12.0. The van der Waals surface area contributed by atoms with E-state index in [2.05, 4.69) is 9.88 Å². The minimum Gasteiger partial charge on any atom is -0.345 e. The van der Waals surface area contributed by atoms with E-state index in [1.165, 1.54) is 12.1 Å². The number of hydrogen-bond acceptors (Lipinski definition) is 2. The van der Waals surface area contributed by atoms with Gasteiger partial charge in [-0.25, -0.2) is 9.18 Å². The van der Waals surface area contributed by atoms with Crippen LogP contribution in [0.4, 0.5) is 9.18 Å². The highest BCUT2D eigenvalue weighted by molar-refractivity contribution is 5.84. The number of aromatic nitrogens is 1. The predicted octanol–water partition coefficient (Wildman–Crippen LogP) is 4.64. The molecule has 0 atom stereocenters.